The Balaban J connectivity index is 1.79. The fourth-order valence-corrected chi connectivity index (χ4v) is 2.87. The van der Waals surface area contributed by atoms with Crippen LogP contribution in [0.3, 0.4) is 0 Å². The molecule has 0 spiro atoms. The number of benzene rings is 2. The van der Waals surface area contributed by atoms with Crippen molar-refractivity contribution in [1.29, 1.82) is 0 Å². The zero-order valence-corrected chi connectivity index (χ0v) is 17.3. The normalized spacial score (nSPS) is 10.4. The van der Waals surface area contributed by atoms with Gasteiger partial charge in [-0.3, -0.25) is 14.8 Å². The number of carbonyl (C=O) groups excluding carboxylic acids is 3. The van der Waals surface area contributed by atoms with Gasteiger partial charge in [0.1, 0.15) is 11.3 Å². The fourth-order valence-electron chi connectivity index (χ4n) is 2.87. The molecule has 3 rings (SSSR count). The number of amides is 2. The quantitative estimate of drug-likeness (QED) is 0.588. The number of hydrogen-bond donors (Lipinski definition) is 1. The van der Waals surface area contributed by atoms with Crippen molar-refractivity contribution in [3.63, 3.8) is 0 Å². The Hall–Kier alpha value is -3.94. The van der Waals surface area contributed by atoms with Gasteiger partial charge < -0.3 is 9.47 Å². The van der Waals surface area contributed by atoms with E-state index in [0.717, 1.165) is 16.7 Å². The van der Waals surface area contributed by atoms with Gasteiger partial charge in [0.2, 0.25) is 0 Å². The number of nitrogens with one attached hydrogen (secondary N) is 1. The van der Waals surface area contributed by atoms with Gasteiger partial charge >= 0.3 is 12.1 Å². The Morgan fingerprint density at radius 1 is 1.00 bits per heavy atom. The van der Waals surface area contributed by atoms with E-state index in [-0.39, 0.29) is 12.2 Å². The number of nitrogens with zero attached hydrogens (tertiary/aromatic N) is 2. The summed E-state index contributed by atoms with van der Waals surface area (Å²) in [6, 6.07) is 17.3. The lowest BCUT2D eigenvalue weighted by Crippen LogP contribution is -2.34. The second-order valence-corrected chi connectivity index (χ2v) is 6.79. The maximum absolute atomic E-state index is 12.7. The van der Waals surface area contributed by atoms with E-state index in [1.165, 1.54) is 0 Å². The predicted octanol–water partition coefficient (Wildman–Crippen LogP) is 3.34. The van der Waals surface area contributed by atoms with Gasteiger partial charge in [0.15, 0.2) is 6.61 Å². The Kier molecular flexibility index (Phi) is 7.16. The first-order chi connectivity index (χ1) is 15.0. The lowest BCUT2D eigenvalue weighted by atomic mass is 10.1. The zero-order chi connectivity index (χ0) is 22.2. The summed E-state index contributed by atoms with van der Waals surface area (Å²) in [6.45, 7) is 3.56. The van der Waals surface area contributed by atoms with Crippen molar-refractivity contribution in [2.24, 2.45) is 0 Å². The summed E-state index contributed by atoms with van der Waals surface area (Å²) in [6.07, 6.45) is 0.702. The van der Waals surface area contributed by atoms with Gasteiger partial charge in [-0.1, -0.05) is 60.2 Å². The average molecular weight is 421 g/mol. The third-order valence-electron chi connectivity index (χ3n) is 4.35. The molecule has 3 aromatic rings. The smallest absolute Gasteiger partial charge is 0.413 e. The molecule has 1 aromatic heterocycles. The molecule has 0 saturated carbocycles. The van der Waals surface area contributed by atoms with E-state index in [0.29, 0.717) is 12.2 Å². The molecule has 1 heterocycles. The molecule has 0 radical (unpaired) electrons. The van der Waals surface area contributed by atoms with Crippen LogP contribution in [0.5, 0.6) is 0 Å². The molecule has 0 saturated heterocycles. The molecule has 1 N–H and O–H groups in total. The van der Waals surface area contributed by atoms with E-state index in [1.807, 2.05) is 66.8 Å². The summed E-state index contributed by atoms with van der Waals surface area (Å²) in [4.78, 5) is 35.8. The molecule has 2 aromatic carbocycles. The van der Waals surface area contributed by atoms with Crippen LogP contribution in [0.1, 0.15) is 28.4 Å². The van der Waals surface area contributed by atoms with E-state index in [4.69, 9.17) is 4.74 Å². The Morgan fingerprint density at radius 2 is 1.71 bits per heavy atom. The largest absolute Gasteiger partial charge is 0.452 e. The topological polar surface area (TPSA) is 99.5 Å². The molecule has 8 heteroatoms. The van der Waals surface area contributed by atoms with Crippen molar-refractivity contribution < 1.29 is 23.9 Å². The maximum Gasteiger partial charge on any atom is 0.413 e. The third-order valence-corrected chi connectivity index (χ3v) is 4.35. The van der Waals surface area contributed by atoms with Crippen LogP contribution in [0.25, 0.3) is 11.3 Å². The number of hydrogen-bond acceptors (Lipinski definition) is 6. The van der Waals surface area contributed by atoms with Crippen LogP contribution in [-0.2, 0) is 20.8 Å². The number of ether oxygens (including phenoxy) is 2. The van der Waals surface area contributed by atoms with Crippen LogP contribution in [-0.4, -0.2) is 41.0 Å². The monoisotopic (exact) mass is 421 g/mol. The minimum absolute atomic E-state index is 0.124. The Morgan fingerprint density at radius 3 is 2.39 bits per heavy atom. The molecule has 0 bridgehead atoms. The molecule has 8 nitrogen and oxygen atoms in total. The van der Waals surface area contributed by atoms with Crippen molar-refractivity contribution in [3.05, 3.63) is 77.5 Å². The van der Waals surface area contributed by atoms with Gasteiger partial charge in [-0.15, -0.1) is 0 Å². The number of alkyl carbamates (subject to hydrolysis) is 1. The summed E-state index contributed by atoms with van der Waals surface area (Å²) in [5.74, 6) is -1.49. The van der Waals surface area contributed by atoms with E-state index in [2.05, 4.69) is 9.84 Å². The lowest BCUT2D eigenvalue weighted by Gasteiger charge is -2.06. The van der Waals surface area contributed by atoms with Gasteiger partial charge in [0.25, 0.3) is 5.91 Å². The van der Waals surface area contributed by atoms with Crippen LogP contribution in [0, 0.1) is 6.92 Å². The molecule has 160 valence electrons. The van der Waals surface area contributed by atoms with Crippen LogP contribution in [0.15, 0.2) is 60.8 Å². The van der Waals surface area contributed by atoms with Crippen LogP contribution < -0.4 is 5.32 Å². The van der Waals surface area contributed by atoms with Crippen LogP contribution >= 0.6 is 0 Å². The van der Waals surface area contributed by atoms with Gasteiger partial charge in [0.05, 0.1) is 13.2 Å². The van der Waals surface area contributed by atoms with Crippen molar-refractivity contribution in [3.8, 4) is 11.3 Å². The van der Waals surface area contributed by atoms with Crippen molar-refractivity contribution >= 4 is 18.0 Å². The summed E-state index contributed by atoms with van der Waals surface area (Å²) in [7, 11) is 0. The van der Waals surface area contributed by atoms with E-state index < -0.39 is 24.6 Å². The molecule has 0 aliphatic rings. The summed E-state index contributed by atoms with van der Waals surface area (Å²) < 4.78 is 11.4. The number of imide groups is 1. The van der Waals surface area contributed by atoms with Crippen molar-refractivity contribution in [2.45, 2.75) is 20.4 Å². The molecule has 0 aliphatic heterocycles. The highest BCUT2D eigenvalue weighted by molar-refractivity contribution is 5.98. The number of rotatable bonds is 7. The van der Waals surface area contributed by atoms with E-state index in [1.54, 1.807) is 17.8 Å². The molecular formula is C23H23N3O5. The predicted molar refractivity (Wildman–Crippen MR) is 113 cm³/mol. The molecule has 0 atom stereocenters. The molecule has 0 aliphatic carbocycles. The third kappa shape index (κ3) is 6.02. The molecule has 0 fully saturated rings. The minimum atomic E-state index is -0.889. The zero-order valence-electron chi connectivity index (χ0n) is 17.3. The van der Waals surface area contributed by atoms with Gasteiger partial charge in [0, 0.05) is 11.8 Å². The lowest BCUT2D eigenvalue weighted by molar-refractivity contribution is -0.123. The first-order valence-corrected chi connectivity index (χ1v) is 9.78. The van der Waals surface area contributed by atoms with E-state index >= 15 is 0 Å². The molecule has 0 unspecified atom stereocenters. The highest BCUT2D eigenvalue weighted by Crippen LogP contribution is 2.24. The summed E-state index contributed by atoms with van der Waals surface area (Å²) in [5, 5.41) is 6.55. The summed E-state index contributed by atoms with van der Waals surface area (Å²) in [5.41, 5.74) is 3.53. The Labute approximate surface area is 179 Å². The highest BCUT2D eigenvalue weighted by Gasteiger charge is 2.21. The van der Waals surface area contributed by atoms with Crippen molar-refractivity contribution in [2.75, 3.05) is 13.2 Å². The standard InChI is InChI=1S/C23H23N3O5/c1-3-30-23(29)24-20(27)15-31-22(28)19-14-26(13-17-7-5-4-6-8-17)25-21(19)18-11-9-16(2)10-12-18/h4-12,14H,3,13,15H2,1-2H3,(H,24,27,29). The number of aryl methyl sites for hydroxylation is 1. The summed E-state index contributed by atoms with van der Waals surface area (Å²) >= 11 is 0. The average Bonchev–Trinajstić information content (AvgIpc) is 3.17. The van der Waals surface area contributed by atoms with E-state index in [9.17, 15) is 14.4 Å². The van der Waals surface area contributed by atoms with Gasteiger partial charge in [-0.25, -0.2) is 9.59 Å². The van der Waals surface area contributed by atoms with Gasteiger partial charge in [-0.05, 0) is 19.4 Å². The minimum Gasteiger partial charge on any atom is -0.452 e. The second-order valence-electron chi connectivity index (χ2n) is 6.79. The van der Waals surface area contributed by atoms with Crippen LogP contribution in [0.4, 0.5) is 4.79 Å². The first kappa shape index (κ1) is 21.8. The highest BCUT2D eigenvalue weighted by atomic mass is 16.6. The SMILES string of the molecule is CCOC(=O)NC(=O)COC(=O)c1cn(Cc2ccccc2)nc1-c1ccc(C)cc1. The van der Waals surface area contributed by atoms with Gasteiger partial charge in [-0.2, -0.15) is 5.10 Å². The van der Waals surface area contributed by atoms with Crippen molar-refractivity contribution in [1.82, 2.24) is 15.1 Å². The number of carbonyl (C=O) groups is 3. The Bertz CT molecular complexity index is 1060. The molecular weight excluding hydrogens is 398 g/mol. The fraction of sp³-hybridized carbons (Fsp3) is 0.217. The number of aromatic nitrogens is 2. The number of esters is 1. The second kappa shape index (κ2) is 10.2. The van der Waals surface area contributed by atoms with Crippen LogP contribution in [0.2, 0.25) is 0 Å². The first-order valence-electron chi connectivity index (χ1n) is 9.78. The molecule has 31 heavy (non-hydrogen) atoms. The molecule has 2 amide bonds. The maximum atomic E-state index is 12.7.